The molecule has 0 saturated heterocycles. The molecular weight excluding hydrogens is 683 g/mol. The molecule has 0 bridgehead atoms. The maximum Gasteiger partial charge on any atom is 0.160 e. The smallest absolute Gasteiger partial charge is 0.160 e. The standard InChI is InChI=1S/C51H33N5/c1-3-14-37(15-4-1)46-32-47(56-51(55-46)39-16-5-2-6-17-39)38-24-22-34(23-25-38)40-26-27-45(53-33-40)48-30-41(43-21-11-18-35-12-7-9-19-42(35)43)31-49(54-48)50-44-20-10-8-13-36(44)28-29-52-50/h1-33H. The summed E-state index contributed by atoms with van der Waals surface area (Å²) < 4.78 is 0. The van der Waals surface area contributed by atoms with Crippen LogP contribution in [0.2, 0.25) is 0 Å². The average molecular weight is 716 g/mol. The molecule has 0 aliphatic rings. The maximum absolute atomic E-state index is 5.20. The minimum atomic E-state index is 0.698. The Balaban J connectivity index is 1.02. The second-order valence-corrected chi connectivity index (χ2v) is 13.7. The van der Waals surface area contributed by atoms with Crippen molar-refractivity contribution in [2.75, 3.05) is 0 Å². The van der Waals surface area contributed by atoms with Gasteiger partial charge in [0.2, 0.25) is 0 Å². The molecule has 0 N–H and O–H groups in total. The van der Waals surface area contributed by atoms with Crippen LogP contribution in [0.15, 0.2) is 200 Å². The highest BCUT2D eigenvalue weighted by atomic mass is 14.9. The van der Waals surface area contributed by atoms with Crippen molar-refractivity contribution in [2.24, 2.45) is 0 Å². The minimum absolute atomic E-state index is 0.698. The number of benzene rings is 6. The third-order valence-corrected chi connectivity index (χ3v) is 10.2. The molecule has 10 rings (SSSR count). The summed E-state index contributed by atoms with van der Waals surface area (Å²) in [5, 5.41) is 4.56. The monoisotopic (exact) mass is 715 g/mol. The Bertz CT molecular complexity index is 2830. The Morgan fingerprint density at radius 1 is 0.304 bits per heavy atom. The van der Waals surface area contributed by atoms with Crippen LogP contribution in [0.25, 0.3) is 100 Å². The Morgan fingerprint density at radius 3 is 1.62 bits per heavy atom. The molecule has 0 amide bonds. The van der Waals surface area contributed by atoms with Gasteiger partial charge in [0.05, 0.1) is 34.2 Å². The summed E-state index contributed by atoms with van der Waals surface area (Å²) in [5.74, 6) is 0.698. The van der Waals surface area contributed by atoms with Gasteiger partial charge in [0.1, 0.15) is 0 Å². The molecule has 5 heteroatoms. The molecule has 0 aliphatic heterocycles. The first-order valence-corrected chi connectivity index (χ1v) is 18.7. The Morgan fingerprint density at radius 2 is 0.893 bits per heavy atom. The Kier molecular flexibility index (Phi) is 8.43. The fourth-order valence-corrected chi connectivity index (χ4v) is 7.36. The van der Waals surface area contributed by atoms with Crippen LogP contribution in [0, 0.1) is 0 Å². The summed E-state index contributed by atoms with van der Waals surface area (Å²) in [6.07, 6.45) is 3.79. The quantitative estimate of drug-likeness (QED) is 0.164. The number of rotatable bonds is 7. The Hall–Kier alpha value is -7.63. The molecule has 4 aromatic heterocycles. The number of nitrogens with zero attached hydrogens (tertiary/aromatic N) is 5. The van der Waals surface area contributed by atoms with Crippen molar-refractivity contribution in [3.63, 3.8) is 0 Å². The molecule has 262 valence electrons. The van der Waals surface area contributed by atoms with Gasteiger partial charge in [0.25, 0.3) is 0 Å². The lowest BCUT2D eigenvalue weighted by molar-refractivity contribution is 1.18. The van der Waals surface area contributed by atoms with Gasteiger partial charge in [-0.25, -0.2) is 15.0 Å². The molecule has 6 aromatic carbocycles. The largest absolute Gasteiger partial charge is 0.254 e. The predicted molar refractivity (Wildman–Crippen MR) is 228 cm³/mol. The molecule has 0 radical (unpaired) electrons. The van der Waals surface area contributed by atoms with Gasteiger partial charge in [-0.15, -0.1) is 0 Å². The van der Waals surface area contributed by atoms with E-state index in [9.17, 15) is 0 Å². The van der Waals surface area contributed by atoms with Crippen molar-refractivity contribution < 1.29 is 0 Å². The highest BCUT2D eigenvalue weighted by Crippen LogP contribution is 2.36. The summed E-state index contributed by atoms with van der Waals surface area (Å²) in [6, 6.07) is 64.7. The van der Waals surface area contributed by atoms with E-state index >= 15 is 0 Å². The molecule has 0 fully saturated rings. The van der Waals surface area contributed by atoms with E-state index in [0.717, 1.165) is 83.9 Å². The van der Waals surface area contributed by atoms with Gasteiger partial charge < -0.3 is 0 Å². The summed E-state index contributed by atoms with van der Waals surface area (Å²) in [5.41, 5.74) is 12.3. The van der Waals surface area contributed by atoms with Crippen LogP contribution in [0.3, 0.4) is 0 Å². The zero-order valence-corrected chi connectivity index (χ0v) is 30.3. The van der Waals surface area contributed by atoms with Crippen molar-refractivity contribution in [2.45, 2.75) is 0 Å². The number of aromatic nitrogens is 5. The molecule has 0 atom stereocenters. The first-order valence-electron chi connectivity index (χ1n) is 18.7. The SMILES string of the molecule is c1ccc(-c2cc(-c3ccc(-c4ccc(-c5cc(-c6cccc7ccccc67)cc(-c6nccc7ccccc67)n5)nc4)cc3)nc(-c3ccccc3)n2)cc1. The molecule has 0 saturated carbocycles. The van der Waals surface area contributed by atoms with Gasteiger partial charge in [0, 0.05) is 40.0 Å². The second-order valence-electron chi connectivity index (χ2n) is 13.7. The summed E-state index contributed by atoms with van der Waals surface area (Å²) in [7, 11) is 0. The summed E-state index contributed by atoms with van der Waals surface area (Å²) in [4.78, 5) is 25.0. The van der Waals surface area contributed by atoms with E-state index in [1.54, 1.807) is 0 Å². The number of fused-ring (bicyclic) bond motifs is 2. The molecule has 0 unspecified atom stereocenters. The molecule has 5 nitrogen and oxygen atoms in total. The zero-order chi connectivity index (χ0) is 37.3. The molecule has 56 heavy (non-hydrogen) atoms. The highest BCUT2D eigenvalue weighted by molar-refractivity contribution is 5.99. The summed E-state index contributed by atoms with van der Waals surface area (Å²) in [6.45, 7) is 0. The number of hydrogen-bond acceptors (Lipinski definition) is 5. The zero-order valence-electron chi connectivity index (χ0n) is 30.3. The second kappa shape index (κ2) is 14.3. The normalized spacial score (nSPS) is 11.2. The van der Waals surface area contributed by atoms with E-state index < -0.39 is 0 Å². The highest BCUT2D eigenvalue weighted by Gasteiger charge is 2.15. The van der Waals surface area contributed by atoms with Crippen LogP contribution < -0.4 is 0 Å². The predicted octanol–water partition coefficient (Wildman–Crippen LogP) is 12.6. The van der Waals surface area contributed by atoms with Crippen molar-refractivity contribution in [3.05, 3.63) is 200 Å². The van der Waals surface area contributed by atoms with Gasteiger partial charge in [0.15, 0.2) is 5.82 Å². The van der Waals surface area contributed by atoms with Gasteiger partial charge in [-0.3, -0.25) is 9.97 Å². The molecule has 0 spiro atoms. The van der Waals surface area contributed by atoms with Crippen LogP contribution in [-0.4, -0.2) is 24.9 Å². The Labute approximate surface area is 324 Å². The van der Waals surface area contributed by atoms with Crippen LogP contribution in [0.4, 0.5) is 0 Å². The van der Waals surface area contributed by atoms with E-state index in [-0.39, 0.29) is 0 Å². The first kappa shape index (κ1) is 33.0. The third-order valence-electron chi connectivity index (χ3n) is 10.2. The van der Waals surface area contributed by atoms with Crippen molar-refractivity contribution in [3.8, 4) is 78.9 Å². The van der Waals surface area contributed by atoms with Crippen LogP contribution in [0.5, 0.6) is 0 Å². The van der Waals surface area contributed by atoms with Crippen molar-refractivity contribution in [1.29, 1.82) is 0 Å². The first-order chi connectivity index (χ1) is 27.7. The maximum atomic E-state index is 5.20. The van der Waals surface area contributed by atoms with Gasteiger partial charge in [-0.05, 0) is 63.2 Å². The molecule has 0 aliphatic carbocycles. The van der Waals surface area contributed by atoms with Gasteiger partial charge in [-0.2, -0.15) is 0 Å². The van der Waals surface area contributed by atoms with E-state index in [4.69, 9.17) is 24.9 Å². The number of hydrogen-bond donors (Lipinski definition) is 0. The average Bonchev–Trinajstić information content (AvgIpc) is 3.29. The van der Waals surface area contributed by atoms with E-state index in [1.165, 1.54) is 10.8 Å². The third kappa shape index (κ3) is 6.37. The lowest BCUT2D eigenvalue weighted by Crippen LogP contribution is -1.96. The van der Waals surface area contributed by atoms with Gasteiger partial charge in [-0.1, -0.05) is 158 Å². The molecular formula is C51H33N5. The van der Waals surface area contributed by atoms with Crippen LogP contribution in [0.1, 0.15) is 0 Å². The van der Waals surface area contributed by atoms with Gasteiger partial charge >= 0.3 is 0 Å². The number of pyridine rings is 3. The fraction of sp³-hybridized carbons (Fsp3) is 0. The topological polar surface area (TPSA) is 64.5 Å². The van der Waals surface area contributed by atoms with Crippen LogP contribution >= 0.6 is 0 Å². The van der Waals surface area contributed by atoms with Crippen LogP contribution in [-0.2, 0) is 0 Å². The van der Waals surface area contributed by atoms with E-state index in [2.05, 4.69) is 127 Å². The molecule has 10 aromatic rings. The van der Waals surface area contributed by atoms with E-state index in [0.29, 0.717) is 5.82 Å². The fourth-order valence-electron chi connectivity index (χ4n) is 7.36. The van der Waals surface area contributed by atoms with Crippen molar-refractivity contribution in [1.82, 2.24) is 24.9 Å². The summed E-state index contributed by atoms with van der Waals surface area (Å²) >= 11 is 0. The molecule has 4 heterocycles. The minimum Gasteiger partial charge on any atom is -0.254 e. The lowest BCUT2D eigenvalue weighted by Gasteiger charge is -2.13. The van der Waals surface area contributed by atoms with E-state index in [1.807, 2.05) is 73.1 Å². The van der Waals surface area contributed by atoms with Crippen molar-refractivity contribution >= 4 is 21.5 Å². The lowest BCUT2D eigenvalue weighted by atomic mass is 9.96.